The highest BCUT2D eigenvalue weighted by Crippen LogP contribution is 2.25. The van der Waals surface area contributed by atoms with Crippen molar-refractivity contribution in [1.82, 2.24) is 29.5 Å². The summed E-state index contributed by atoms with van der Waals surface area (Å²) in [5.41, 5.74) is 11.6. The molecule has 4 aromatic rings. The minimum atomic E-state index is -4.00. The van der Waals surface area contributed by atoms with E-state index in [1.54, 1.807) is 12.1 Å². The van der Waals surface area contributed by atoms with Crippen molar-refractivity contribution in [3.05, 3.63) is 82.8 Å². The Labute approximate surface area is 252 Å². The fourth-order valence-corrected chi connectivity index (χ4v) is 5.88. The smallest absolute Gasteiger partial charge is 0.328 e. The molecule has 0 fully saturated rings. The zero-order valence-electron chi connectivity index (χ0n) is 25.1. The predicted molar refractivity (Wildman–Crippen MR) is 166 cm³/mol. The van der Waals surface area contributed by atoms with Crippen molar-refractivity contribution in [2.24, 2.45) is 5.73 Å². The van der Waals surface area contributed by atoms with E-state index >= 15 is 0 Å². The normalized spacial score (nSPS) is 11.5. The molecule has 11 nitrogen and oxygen atoms in total. The number of carbonyl (C=O) groups is 2. The predicted octanol–water partition coefficient (Wildman–Crippen LogP) is 3.53. The van der Waals surface area contributed by atoms with Gasteiger partial charge < -0.3 is 16.0 Å². The van der Waals surface area contributed by atoms with E-state index in [4.69, 9.17) is 15.7 Å². The van der Waals surface area contributed by atoms with Gasteiger partial charge in [-0.1, -0.05) is 24.3 Å². The summed E-state index contributed by atoms with van der Waals surface area (Å²) in [6.07, 6.45) is 1.32. The molecule has 43 heavy (non-hydrogen) atoms. The lowest BCUT2D eigenvalue weighted by Gasteiger charge is -2.18. The van der Waals surface area contributed by atoms with Crippen LogP contribution in [0.3, 0.4) is 0 Å². The minimum absolute atomic E-state index is 0.0147. The van der Waals surface area contributed by atoms with Crippen LogP contribution in [0.5, 0.6) is 0 Å². The molecule has 4 rings (SSSR count). The van der Waals surface area contributed by atoms with Crippen molar-refractivity contribution in [1.29, 1.82) is 0 Å². The van der Waals surface area contributed by atoms with Gasteiger partial charge in [0.2, 0.25) is 5.91 Å². The topological polar surface area (TPSA) is 152 Å². The van der Waals surface area contributed by atoms with Crippen LogP contribution >= 0.6 is 0 Å². The molecule has 0 aliphatic heterocycles. The minimum Gasteiger partial charge on any atom is -0.343 e. The number of nitrogens with one attached hydrogen (secondary N) is 2. The van der Waals surface area contributed by atoms with Crippen molar-refractivity contribution in [3.8, 4) is 5.69 Å². The molecule has 0 radical (unpaired) electrons. The molecular formula is C31H39N7O4S. The number of amides is 3. The van der Waals surface area contributed by atoms with Gasteiger partial charge in [0.15, 0.2) is 5.65 Å². The van der Waals surface area contributed by atoms with Gasteiger partial charge in [-0.3, -0.25) is 9.36 Å². The number of nitrogens with zero attached hydrogens (tertiary/aromatic N) is 4. The second-order valence-electron chi connectivity index (χ2n) is 10.3. The van der Waals surface area contributed by atoms with Gasteiger partial charge in [0.1, 0.15) is 11.3 Å². The summed E-state index contributed by atoms with van der Waals surface area (Å²) >= 11 is 0. The molecule has 0 aliphatic carbocycles. The summed E-state index contributed by atoms with van der Waals surface area (Å²) in [6.45, 7) is 9.77. The first-order valence-corrected chi connectivity index (χ1v) is 15.9. The number of fused-ring (bicyclic) bond motifs is 1. The molecule has 0 bridgehead atoms. The molecule has 0 saturated carbocycles. The number of rotatable bonds is 12. The van der Waals surface area contributed by atoms with Crippen LogP contribution < -0.4 is 15.8 Å². The Bertz CT molecular complexity index is 1690. The van der Waals surface area contributed by atoms with Crippen molar-refractivity contribution in [2.45, 2.75) is 58.4 Å². The average Bonchev–Trinajstić information content (AvgIpc) is 3.35. The third kappa shape index (κ3) is 7.57. The first-order chi connectivity index (χ1) is 20.6. The number of urea groups is 1. The zero-order chi connectivity index (χ0) is 31.1. The maximum atomic E-state index is 12.7. The van der Waals surface area contributed by atoms with Gasteiger partial charge in [-0.05, 0) is 81.1 Å². The SMILES string of the molecule is CCN(CC)C(=O)CCc1nc2c(C)cc(C)nc2n1-c1ccc(CCNC(=O)NS(=O)(=O)c2ccc(CN)cc2)cc1. The molecule has 2 aromatic heterocycles. The number of benzene rings is 2. The fourth-order valence-electron chi connectivity index (χ4n) is 4.95. The molecule has 228 valence electrons. The number of nitrogens with two attached hydrogens (primary N) is 1. The van der Waals surface area contributed by atoms with E-state index in [1.165, 1.54) is 12.1 Å². The number of imidazole rings is 1. The lowest BCUT2D eigenvalue weighted by Crippen LogP contribution is -2.40. The van der Waals surface area contributed by atoms with Crippen LogP contribution in [-0.4, -0.2) is 59.4 Å². The summed E-state index contributed by atoms with van der Waals surface area (Å²) in [5, 5.41) is 2.60. The monoisotopic (exact) mass is 605 g/mol. The quantitative estimate of drug-likeness (QED) is 0.223. The number of sulfonamides is 1. The van der Waals surface area contributed by atoms with Crippen LogP contribution in [0, 0.1) is 13.8 Å². The summed E-state index contributed by atoms with van der Waals surface area (Å²) in [6, 6.07) is 15.1. The van der Waals surface area contributed by atoms with Gasteiger partial charge >= 0.3 is 6.03 Å². The van der Waals surface area contributed by atoms with Crippen LogP contribution in [-0.2, 0) is 34.2 Å². The first kappa shape index (κ1) is 31.6. The molecule has 2 aromatic carbocycles. The van der Waals surface area contributed by atoms with E-state index in [9.17, 15) is 18.0 Å². The summed E-state index contributed by atoms with van der Waals surface area (Å²) in [7, 11) is -4.00. The second kappa shape index (κ2) is 13.8. The van der Waals surface area contributed by atoms with Gasteiger partial charge in [-0.15, -0.1) is 0 Å². The summed E-state index contributed by atoms with van der Waals surface area (Å²) in [4.78, 5) is 36.5. The van der Waals surface area contributed by atoms with Crippen LogP contribution in [0.25, 0.3) is 16.9 Å². The highest BCUT2D eigenvalue weighted by Gasteiger charge is 2.19. The van der Waals surface area contributed by atoms with Crippen molar-refractivity contribution in [2.75, 3.05) is 19.6 Å². The Kier molecular flexibility index (Phi) is 10.1. The maximum Gasteiger partial charge on any atom is 0.328 e. The average molecular weight is 606 g/mol. The van der Waals surface area contributed by atoms with E-state index in [0.29, 0.717) is 38.9 Å². The lowest BCUT2D eigenvalue weighted by molar-refractivity contribution is -0.130. The molecule has 4 N–H and O–H groups in total. The molecule has 0 aliphatic rings. The largest absolute Gasteiger partial charge is 0.343 e. The Hall–Kier alpha value is -4.29. The highest BCUT2D eigenvalue weighted by atomic mass is 32.2. The molecular weight excluding hydrogens is 566 g/mol. The summed E-state index contributed by atoms with van der Waals surface area (Å²) in [5.74, 6) is 0.857. The van der Waals surface area contributed by atoms with E-state index in [-0.39, 0.29) is 17.3 Å². The molecule has 0 spiro atoms. The van der Waals surface area contributed by atoms with Crippen LogP contribution in [0.4, 0.5) is 4.79 Å². The van der Waals surface area contributed by atoms with Crippen molar-refractivity contribution in [3.63, 3.8) is 0 Å². The van der Waals surface area contributed by atoms with Crippen LogP contribution in [0.2, 0.25) is 0 Å². The van der Waals surface area contributed by atoms with E-state index in [1.807, 2.05) is 72.2 Å². The standard InChI is InChI=1S/C31H39N7O4S/c1-5-37(6-2)28(39)16-15-27-35-29-21(3)19-22(4)34-30(29)38(27)25-11-7-23(8-12-25)17-18-33-31(40)36-43(41,42)26-13-9-24(20-32)10-14-26/h7-14,19H,5-6,15-18,20,32H2,1-4H3,(H2,33,36,40). The van der Waals surface area contributed by atoms with E-state index in [0.717, 1.165) is 45.1 Å². The number of aryl methyl sites for hydroxylation is 3. The number of carbonyl (C=O) groups excluding carboxylic acids is 2. The van der Waals surface area contributed by atoms with Gasteiger partial charge in [-0.25, -0.2) is 27.9 Å². The van der Waals surface area contributed by atoms with Gasteiger partial charge in [0.05, 0.1) is 4.90 Å². The second-order valence-corrected chi connectivity index (χ2v) is 12.0. The highest BCUT2D eigenvalue weighted by molar-refractivity contribution is 7.90. The molecule has 2 heterocycles. The van der Waals surface area contributed by atoms with Crippen LogP contribution in [0.1, 0.15) is 48.5 Å². The molecule has 3 amide bonds. The molecule has 12 heteroatoms. The van der Waals surface area contributed by atoms with Crippen LogP contribution in [0.15, 0.2) is 59.5 Å². The Morgan fingerprint density at radius 3 is 2.21 bits per heavy atom. The number of hydrogen-bond acceptors (Lipinski definition) is 7. The molecule has 0 saturated heterocycles. The zero-order valence-corrected chi connectivity index (χ0v) is 25.9. The lowest BCUT2D eigenvalue weighted by atomic mass is 10.1. The molecule has 0 atom stereocenters. The number of aromatic nitrogens is 3. The molecule has 0 unspecified atom stereocenters. The Morgan fingerprint density at radius 1 is 0.930 bits per heavy atom. The summed E-state index contributed by atoms with van der Waals surface area (Å²) < 4.78 is 29.0. The fraction of sp³-hybridized carbons (Fsp3) is 0.355. The maximum absolute atomic E-state index is 12.7. The van der Waals surface area contributed by atoms with Gasteiger partial charge in [0, 0.05) is 50.4 Å². The third-order valence-corrected chi connectivity index (χ3v) is 8.62. The van der Waals surface area contributed by atoms with Gasteiger partial charge in [-0.2, -0.15) is 0 Å². The Morgan fingerprint density at radius 2 is 1.58 bits per heavy atom. The number of pyridine rings is 1. The van der Waals surface area contributed by atoms with Gasteiger partial charge in [0.25, 0.3) is 10.0 Å². The van der Waals surface area contributed by atoms with Crippen molar-refractivity contribution >= 4 is 33.1 Å². The third-order valence-electron chi connectivity index (χ3n) is 7.27. The van der Waals surface area contributed by atoms with E-state index in [2.05, 4.69) is 5.32 Å². The Balaban J connectivity index is 1.44. The number of hydrogen-bond donors (Lipinski definition) is 3. The van der Waals surface area contributed by atoms with E-state index < -0.39 is 16.1 Å². The van der Waals surface area contributed by atoms with Crippen molar-refractivity contribution < 1.29 is 18.0 Å². The first-order valence-electron chi connectivity index (χ1n) is 14.4.